The first kappa shape index (κ1) is 11.1. The monoisotopic (exact) mass is 295 g/mol. The van der Waals surface area contributed by atoms with Gasteiger partial charge in [-0.25, -0.2) is 4.79 Å². The number of β-lactam (4-membered cyclic amide) rings is 1. The van der Waals surface area contributed by atoms with Crippen molar-refractivity contribution >= 4 is 38.6 Å². The van der Waals surface area contributed by atoms with Gasteiger partial charge in [-0.3, -0.25) is 9.00 Å². The number of carbonyl (C=O) groups excluding carboxylic acids is 1. The molecule has 7 heteroatoms. The molecular formula is C8H10BrNO4S. The van der Waals surface area contributed by atoms with Gasteiger partial charge in [0.25, 0.3) is 0 Å². The van der Waals surface area contributed by atoms with E-state index in [1.165, 1.54) is 4.90 Å². The van der Waals surface area contributed by atoms with E-state index in [4.69, 9.17) is 0 Å². The molecular weight excluding hydrogens is 286 g/mol. The summed E-state index contributed by atoms with van der Waals surface area (Å²) >= 11 is 3.08. The van der Waals surface area contributed by atoms with Crippen LogP contribution in [0.1, 0.15) is 20.3 Å². The molecule has 0 aromatic rings. The fraction of sp³-hybridized carbons (Fsp3) is 0.750. The number of fused-ring (bicyclic) bond motifs is 1. The van der Waals surface area contributed by atoms with Crippen molar-refractivity contribution in [1.29, 1.82) is 0 Å². The Balaban J connectivity index is 2.57. The van der Waals surface area contributed by atoms with Crippen molar-refractivity contribution in [3.8, 4) is 0 Å². The molecule has 3 atom stereocenters. The highest BCUT2D eigenvalue weighted by atomic mass is 79.9. The number of hydrogen-bond acceptors (Lipinski definition) is 3. The molecule has 0 aromatic heterocycles. The summed E-state index contributed by atoms with van der Waals surface area (Å²) in [7, 11) is -1.35. The summed E-state index contributed by atoms with van der Waals surface area (Å²) in [5.74, 6) is -1.44. The molecule has 1 N–H and O–H groups in total. The summed E-state index contributed by atoms with van der Waals surface area (Å²) in [5.41, 5.74) is 0. The molecule has 2 fully saturated rings. The third-order valence-electron chi connectivity index (χ3n) is 3.07. The second-order valence-corrected chi connectivity index (χ2v) is 7.46. The molecule has 2 saturated heterocycles. The van der Waals surface area contributed by atoms with Crippen LogP contribution in [0.3, 0.4) is 0 Å². The van der Waals surface area contributed by atoms with E-state index >= 15 is 0 Å². The van der Waals surface area contributed by atoms with Crippen LogP contribution >= 0.6 is 15.9 Å². The van der Waals surface area contributed by atoms with E-state index in [2.05, 4.69) is 15.9 Å². The molecule has 0 spiro atoms. The normalized spacial score (nSPS) is 42.3. The second kappa shape index (κ2) is 2.82. The van der Waals surface area contributed by atoms with Crippen molar-refractivity contribution < 1.29 is 18.9 Å². The van der Waals surface area contributed by atoms with Crippen LogP contribution in [-0.4, -0.2) is 40.7 Å². The quantitative estimate of drug-likeness (QED) is 0.428. The lowest BCUT2D eigenvalue weighted by molar-refractivity contribution is -0.159. The first-order valence-corrected chi connectivity index (χ1v) is 6.40. The molecule has 0 radical (unpaired) electrons. The Hall–Kier alpha value is -0.430. The van der Waals surface area contributed by atoms with Crippen LogP contribution in [0.5, 0.6) is 0 Å². The zero-order chi connectivity index (χ0) is 11.6. The summed E-state index contributed by atoms with van der Waals surface area (Å²) in [5, 5.41) is 8.73. The summed E-state index contributed by atoms with van der Waals surface area (Å²) in [6.45, 7) is 3.19. The number of rotatable bonds is 1. The first-order chi connectivity index (χ1) is 6.74. The number of amides is 1. The minimum Gasteiger partial charge on any atom is -0.479 e. The van der Waals surface area contributed by atoms with Gasteiger partial charge in [0.05, 0.1) is 22.0 Å². The Kier molecular flexibility index (Phi) is 2.08. The predicted octanol–water partition coefficient (Wildman–Crippen LogP) is 0.262. The van der Waals surface area contributed by atoms with Crippen LogP contribution in [0.4, 0.5) is 0 Å². The fourth-order valence-electron chi connectivity index (χ4n) is 2.05. The smallest absolute Gasteiger partial charge is 0.342 e. The second-order valence-electron chi connectivity index (χ2n) is 4.16. The minimum absolute atomic E-state index is 0.177. The van der Waals surface area contributed by atoms with Gasteiger partial charge in [-0.2, -0.15) is 0 Å². The van der Waals surface area contributed by atoms with Gasteiger partial charge in [-0.1, -0.05) is 0 Å². The standard InChI is InChI=1S/C8H10BrNO4S/c1-7(2)8(9,6(12)13)10-4(11)3-5(10)15(7)14/h5H,3H2,1-2H3,(H,12,13)/t5-,8?,15?/m1/s1. The largest absolute Gasteiger partial charge is 0.479 e. The average molecular weight is 296 g/mol. The zero-order valence-corrected chi connectivity index (χ0v) is 10.6. The summed E-state index contributed by atoms with van der Waals surface area (Å²) in [6.07, 6.45) is 0.177. The number of aliphatic carboxylic acids is 1. The van der Waals surface area contributed by atoms with Gasteiger partial charge in [0.15, 0.2) is 0 Å². The maximum atomic E-state index is 12.0. The van der Waals surface area contributed by atoms with Gasteiger partial charge >= 0.3 is 5.97 Å². The van der Waals surface area contributed by atoms with E-state index in [-0.39, 0.29) is 12.3 Å². The first-order valence-electron chi connectivity index (χ1n) is 4.39. The lowest BCUT2D eigenvalue weighted by atomic mass is 9.98. The van der Waals surface area contributed by atoms with Gasteiger partial charge in [0.1, 0.15) is 5.37 Å². The lowest BCUT2D eigenvalue weighted by Gasteiger charge is -2.41. The summed E-state index contributed by atoms with van der Waals surface area (Å²) < 4.78 is 9.45. The maximum absolute atomic E-state index is 12.0. The van der Waals surface area contributed by atoms with E-state index < -0.39 is 31.3 Å². The van der Waals surface area contributed by atoms with Crippen molar-refractivity contribution in [1.82, 2.24) is 4.90 Å². The highest BCUT2D eigenvalue weighted by Crippen LogP contribution is 2.53. The van der Waals surface area contributed by atoms with Crippen LogP contribution in [0.2, 0.25) is 0 Å². The van der Waals surface area contributed by atoms with Gasteiger partial charge in [0.2, 0.25) is 10.4 Å². The number of nitrogens with zero attached hydrogens (tertiary/aromatic N) is 1. The van der Waals surface area contributed by atoms with Crippen molar-refractivity contribution in [2.45, 2.75) is 34.8 Å². The molecule has 84 valence electrons. The van der Waals surface area contributed by atoms with Crippen LogP contribution in [-0.2, 0) is 20.4 Å². The van der Waals surface area contributed by atoms with Crippen molar-refractivity contribution in [3.05, 3.63) is 0 Å². The highest BCUT2D eigenvalue weighted by molar-refractivity contribution is 9.10. The Morgan fingerprint density at radius 3 is 2.53 bits per heavy atom. The number of carbonyl (C=O) groups is 2. The predicted molar refractivity (Wildman–Crippen MR) is 56.8 cm³/mol. The molecule has 0 bridgehead atoms. The minimum atomic E-state index is -1.54. The number of hydrogen-bond donors (Lipinski definition) is 1. The molecule has 5 nitrogen and oxygen atoms in total. The zero-order valence-electron chi connectivity index (χ0n) is 8.19. The number of carboxylic acid groups (broad SMARTS) is 1. The Bertz CT molecular complexity index is 396. The van der Waals surface area contributed by atoms with E-state index in [9.17, 15) is 18.9 Å². The number of alkyl halides is 1. The van der Waals surface area contributed by atoms with Crippen molar-refractivity contribution in [3.63, 3.8) is 0 Å². The lowest BCUT2D eigenvalue weighted by Crippen LogP contribution is -2.63. The van der Waals surface area contributed by atoms with E-state index in [0.29, 0.717) is 0 Å². The van der Waals surface area contributed by atoms with Crippen LogP contribution < -0.4 is 0 Å². The molecule has 2 unspecified atom stereocenters. The molecule has 1 amide bonds. The van der Waals surface area contributed by atoms with Gasteiger partial charge in [0, 0.05) is 0 Å². The van der Waals surface area contributed by atoms with Crippen molar-refractivity contribution in [2.24, 2.45) is 0 Å². The number of carboxylic acids is 1. The third-order valence-corrected chi connectivity index (χ3v) is 7.22. The molecule has 0 aliphatic carbocycles. The molecule has 15 heavy (non-hydrogen) atoms. The van der Waals surface area contributed by atoms with E-state index in [1.54, 1.807) is 13.8 Å². The highest BCUT2D eigenvalue weighted by Gasteiger charge is 2.72. The van der Waals surface area contributed by atoms with Crippen LogP contribution in [0.25, 0.3) is 0 Å². The van der Waals surface area contributed by atoms with Gasteiger partial charge in [-0.05, 0) is 29.8 Å². The topological polar surface area (TPSA) is 74.7 Å². The molecule has 2 rings (SSSR count). The third kappa shape index (κ3) is 1.00. The Morgan fingerprint density at radius 2 is 2.20 bits per heavy atom. The molecule has 2 aliphatic rings. The van der Waals surface area contributed by atoms with Gasteiger partial charge in [-0.15, -0.1) is 0 Å². The van der Waals surface area contributed by atoms with Gasteiger partial charge < -0.3 is 10.0 Å². The summed E-state index contributed by atoms with van der Waals surface area (Å²) in [4.78, 5) is 23.8. The van der Waals surface area contributed by atoms with E-state index in [0.717, 1.165) is 0 Å². The average Bonchev–Trinajstić information content (AvgIpc) is 2.22. The SMILES string of the molecule is CC1(C)S(=O)[C@@H]2CC(=O)N2C1(Br)C(=O)O. The Labute approximate surface area is 97.4 Å². The molecule has 2 aliphatic heterocycles. The Morgan fingerprint density at radius 1 is 1.67 bits per heavy atom. The molecule has 0 aromatic carbocycles. The summed E-state index contributed by atoms with van der Waals surface area (Å²) in [6, 6.07) is 0. The van der Waals surface area contributed by atoms with Crippen molar-refractivity contribution in [2.75, 3.05) is 0 Å². The fourth-order valence-corrected chi connectivity index (χ4v) is 5.01. The van der Waals surface area contributed by atoms with E-state index in [1.807, 2.05) is 0 Å². The molecule has 0 saturated carbocycles. The maximum Gasteiger partial charge on any atom is 0.342 e. The van der Waals surface area contributed by atoms with Crippen LogP contribution in [0, 0.1) is 0 Å². The van der Waals surface area contributed by atoms with Crippen LogP contribution in [0.15, 0.2) is 0 Å². The molecule has 2 heterocycles. The number of halogens is 1.